The van der Waals surface area contributed by atoms with Gasteiger partial charge in [0.25, 0.3) is 5.91 Å². The van der Waals surface area contributed by atoms with Crippen molar-refractivity contribution in [2.45, 2.75) is 19.4 Å². The minimum absolute atomic E-state index is 0.0866. The van der Waals surface area contributed by atoms with E-state index in [0.29, 0.717) is 5.02 Å². The molecule has 0 radical (unpaired) electrons. The summed E-state index contributed by atoms with van der Waals surface area (Å²) in [5.74, 6) is 5.34. The molecule has 0 saturated heterocycles. The molecule has 0 heterocycles. The van der Waals surface area contributed by atoms with E-state index in [2.05, 4.69) is 24.0 Å². The number of likely N-dealkylation sites (N-methyl/N-ethyl adjacent to an activating group) is 1. The summed E-state index contributed by atoms with van der Waals surface area (Å²) in [5.41, 5.74) is 1.95. The molecule has 0 N–H and O–H groups in total. The van der Waals surface area contributed by atoms with Gasteiger partial charge in [0.15, 0.2) is 0 Å². The monoisotopic (exact) mass is 311 g/mol. The molecule has 0 bridgehead atoms. The fourth-order valence-electron chi connectivity index (χ4n) is 2.07. The number of halogens is 1. The van der Waals surface area contributed by atoms with Crippen LogP contribution >= 0.6 is 11.6 Å². The first-order chi connectivity index (χ1) is 10.6. The maximum absolute atomic E-state index is 12.2. The lowest BCUT2D eigenvalue weighted by Gasteiger charge is -2.22. The Labute approximate surface area is 136 Å². The van der Waals surface area contributed by atoms with E-state index in [-0.39, 0.29) is 11.9 Å². The molecule has 0 saturated carbocycles. The molecule has 3 heteroatoms. The molecule has 22 heavy (non-hydrogen) atoms. The van der Waals surface area contributed by atoms with Crippen LogP contribution in [0.2, 0.25) is 5.02 Å². The first-order valence-corrected chi connectivity index (χ1v) is 7.52. The molecule has 0 aliphatic heterocycles. The Morgan fingerprint density at radius 2 is 1.91 bits per heavy atom. The number of amides is 1. The number of benzene rings is 2. The lowest BCUT2D eigenvalue weighted by Crippen LogP contribution is -2.35. The van der Waals surface area contributed by atoms with Crippen molar-refractivity contribution in [2.75, 3.05) is 7.05 Å². The molecular weight excluding hydrogens is 294 g/mol. The van der Waals surface area contributed by atoms with Crippen LogP contribution in [0.15, 0.2) is 54.6 Å². The van der Waals surface area contributed by atoms with Crippen molar-refractivity contribution < 1.29 is 4.79 Å². The predicted octanol–water partition coefficient (Wildman–Crippen LogP) is 3.78. The quantitative estimate of drug-likeness (QED) is 0.790. The zero-order chi connectivity index (χ0) is 15.9. The van der Waals surface area contributed by atoms with Crippen molar-refractivity contribution >= 4 is 17.5 Å². The molecular formula is C19H18ClNO. The fourth-order valence-corrected chi connectivity index (χ4v) is 2.26. The van der Waals surface area contributed by atoms with E-state index < -0.39 is 0 Å². The second-order valence-corrected chi connectivity index (χ2v) is 5.65. The number of hydrogen-bond acceptors (Lipinski definition) is 1. The Balaban J connectivity index is 2.00. The maximum Gasteiger partial charge on any atom is 0.298 e. The smallest absolute Gasteiger partial charge is 0.298 e. The van der Waals surface area contributed by atoms with Gasteiger partial charge in [0.1, 0.15) is 0 Å². The van der Waals surface area contributed by atoms with Gasteiger partial charge in [-0.25, -0.2) is 0 Å². The van der Waals surface area contributed by atoms with Gasteiger partial charge in [-0.15, -0.1) is 0 Å². The molecule has 112 valence electrons. The molecule has 0 fully saturated rings. The van der Waals surface area contributed by atoms with Crippen LogP contribution in [0.4, 0.5) is 0 Å². The van der Waals surface area contributed by atoms with E-state index in [0.717, 1.165) is 12.0 Å². The second-order valence-electron chi connectivity index (χ2n) is 5.22. The van der Waals surface area contributed by atoms with E-state index in [4.69, 9.17) is 11.6 Å². The molecule has 0 aliphatic rings. The summed E-state index contributed by atoms with van der Waals surface area (Å²) < 4.78 is 0. The van der Waals surface area contributed by atoms with Crippen LogP contribution in [0.1, 0.15) is 18.1 Å². The summed E-state index contributed by atoms with van der Waals surface area (Å²) in [6.45, 7) is 2.02. The Morgan fingerprint density at radius 3 is 2.59 bits per heavy atom. The minimum atomic E-state index is -0.191. The van der Waals surface area contributed by atoms with Crippen LogP contribution in [0.3, 0.4) is 0 Å². The standard InChI is InChI=1S/C19H18ClNO/c1-15(13-16-7-4-3-5-8-16)21(2)19(22)12-11-17-9-6-10-18(20)14-17/h3-10,14-15H,13H2,1-2H3. The largest absolute Gasteiger partial charge is 0.332 e. The van der Waals surface area contributed by atoms with Gasteiger partial charge < -0.3 is 4.90 Å². The van der Waals surface area contributed by atoms with E-state index in [9.17, 15) is 4.79 Å². The van der Waals surface area contributed by atoms with Gasteiger partial charge in [0, 0.05) is 29.6 Å². The summed E-state index contributed by atoms with van der Waals surface area (Å²) in [5, 5.41) is 0.616. The van der Waals surface area contributed by atoms with E-state index >= 15 is 0 Å². The Morgan fingerprint density at radius 1 is 1.18 bits per heavy atom. The third-order valence-corrected chi connectivity index (χ3v) is 3.73. The average Bonchev–Trinajstić information content (AvgIpc) is 2.53. The summed E-state index contributed by atoms with van der Waals surface area (Å²) in [4.78, 5) is 13.8. The molecule has 1 atom stereocenters. The van der Waals surface area contributed by atoms with Crippen molar-refractivity contribution in [1.29, 1.82) is 0 Å². The lowest BCUT2D eigenvalue weighted by molar-refractivity contribution is -0.125. The summed E-state index contributed by atoms with van der Waals surface area (Å²) in [6.07, 6.45) is 0.807. The number of carbonyl (C=O) groups is 1. The molecule has 1 amide bonds. The predicted molar refractivity (Wildman–Crippen MR) is 90.7 cm³/mol. The van der Waals surface area contributed by atoms with Gasteiger partial charge in [-0.3, -0.25) is 4.79 Å². The highest BCUT2D eigenvalue weighted by molar-refractivity contribution is 6.30. The van der Waals surface area contributed by atoms with Crippen LogP contribution in [0, 0.1) is 11.8 Å². The molecule has 0 aromatic heterocycles. The second kappa shape index (κ2) is 7.68. The van der Waals surface area contributed by atoms with Gasteiger partial charge in [-0.05, 0) is 37.1 Å². The number of nitrogens with zero attached hydrogens (tertiary/aromatic N) is 1. The molecule has 1 unspecified atom stereocenters. The number of carbonyl (C=O) groups excluding carboxylic acids is 1. The highest BCUT2D eigenvalue weighted by Crippen LogP contribution is 2.10. The zero-order valence-corrected chi connectivity index (χ0v) is 13.5. The third-order valence-electron chi connectivity index (χ3n) is 3.49. The zero-order valence-electron chi connectivity index (χ0n) is 12.7. The van der Waals surface area contributed by atoms with Crippen LogP contribution in [-0.2, 0) is 11.2 Å². The van der Waals surface area contributed by atoms with E-state index in [1.807, 2.05) is 37.3 Å². The van der Waals surface area contributed by atoms with Gasteiger partial charge in [0.05, 0.1) is 0 Å². The van der Waals surface area contributed by atoms with Crippen LogP contribution in [0.25, 0.3) is 0 Å². The molecule has 0 spiro atoms. The molecule has 2 rings (SSSR count). The molecule has 2 nitrogen and oxygen atoms in total. The van der Waals surface area contributed by atoms with Gasteiger partial charge >= 0.3 is 0 Å². The van der Waals surface area contributed by atoms with Gasteiger partial charge in [-0.2, -0.15) is 0 Å². The number of rotatable bonds is 3. The average molecular weight is 312 g/mol. The lowest BCUT2D eigenvalue weighted by atomic mass is 10.1. The van der Waals surface area contributed by atoms with E-state index in [1.165, 1.54) is 5.56 Å². The van der Waals surface area contributed by atoms with Crippen molar-refractivity contribution in [3.8, 4) is 11.8 Å². The normalized spacial score (nSPS) is 11.2. The number of hydrogen-bond donors (Lipinski definition) is 0. The van der Waals surface area contributed by atoms with Crippen molar-refractivity contribution in [1.82, 2.24) is 4.90 Å². The Kier molecular flexibility index (Phi) is 5.63. The highest BCUT2D eigenvalue weighted by atomic mass is 35.5. The van der Waals surface area contributed by atoms with E-state index in [1.54, 1.807) is 24.1 Å². The maximum atomic E-state index is 12.2. The summed E-state index contributed by atoms with van der Waals surface area (Å²) >= 11 is 5.90. The van der Waals surface area contributed by atoms with Crippen LogP contribution in [-0.4, -0.2) is 23.9 Å². The SMILES string of the molecule is CC(Cc1ccccc1)N(C)C(=O)C#Cc1cccc(Cl)c1. The highest BCUT2D eigenvalue weighted by Gasteiger charge is 2.14. The fraction of sp³-hybridized carbons (Fsp3) is 0.211. The Hall–Kier alpha value is -2.24. The third kappa shape index (κ3) is 4.65. The van der Waals surface area contributed by atoms with Crippen molar-refractivity contribution in [2.24, 2.45) is 0 Å². The van der Waals surface area contributed by atoms with Crippen LogP contribution < -0.4 is 0 Å². The van der Waals surface area contributed by atoms with Gasteiger partial charge in [-0.1, -0.05) is 53.9 Å². The van der Waals surface area contributed by atoms with Crippen molar-refractivity contribution in [3.63, 3.8) is 0 Å². The minimum Gasteiger partial charge on any atom is -0.332 e. The molecule has 0 aliphatic carbocycles. The molecule has 2 aromatic rings. The molecule has 2 aromatic carbocycles. The summed E-state index contributed by atoms with van der Waals surface area (Å²) in [7, 11) is 1.78. The Bertz CT molecular complexity index is 700. The van der Waals surface area contributed by atoms with Gasteiger partial charge in [0.2, 0.25) is 0 Å². The van der Waals surface area contributed by atoms with Crippen LogP contribution in [0.5, 0.6) is 0 Å². The first-order valence-electron chi connectivity index (χ1n) is 7.14. The topological polar surface area (TPSA) is 20.3 Å². The van der Waals surface area contributed by atoms with Crippen molar-refractivity contribution in [3.05, 3.63) is 70.7 Å². The summed E-state index contributed by atoms with van der Waals surface area (Å²) in [6, 6.07) is 17.4. The first kappa shape index (κ1) is 16.1.